The molecule has 0 aliphatic carbocycles. The van der Waals surface area contributed by atoms with Crippen LogP contribution in [0.25, 0.3) is 5.52 Å². The van der Waals surface area contributed by atoms with Gasteiger partial charge in [0.2, 0.25) is 5.95 Å². The van der Waals surface area contributed by atoms with Gasteiger partial charge in [0.1, 0.15) is 0 Å². The van der Waals surface area contributed by atoms with E-state index in [9.17, 15) is 4.79 Å². The van der Waals surface area contributed by atoms with Crippen LogP contribution in [0.15, 0.2) is 51.4 Å². The van der Waals surface area contributed by atoms with Crippen LogP contribution < -0.4 is 10.9 Å². The summed E-state index contributed by atoms with van der Waals surface area (Å²) in [5.41, 5.74) is 0.954. The van der Waals surface area contributed by atoms with E-state index in [0.717, 1.165) is 29.8 Å². The minimum atomic E-state index is -0.0441. The van der Waals surface area contributed by atoms with Crippen LogP contribution in [-0.4, -0.2) is 25.7 Å². The molecule has 0 spiro atoms. The number of hydrogen-bond acceptors (Lipinski definition) is 5. The van der Waals surface area contributed by atoms with Crippen molar-refractivity contribution >= 4 is 23.2 Å². The van der Waals surface area contributed by atoms with E-state index in [1.807, 2.05) is 24.4 Å². The second-order valence-corrected chi connectivity index (χ2v) is 6.37. The smallest absolute Gasteiger partial charge is 0.268 e. The normalized spacial score (nSPS) is 11.0. The fourth-order valence-corrected chi connectivity index (χ4v) is 3.12. The number of nitrogens with zero attached hydrogens (tertiary/aromatic N) is 4. The zero-order chi connectivity index (χ0) is 16.2. The van der Waals surface area contributed by atoms with Crippen molar-refractivity contribution in [2.24, 2.45) is 7.05 Å². The summed E-state index contributed by atoms with van der Waals surface area (Å²) in [4.78, 5) is 18.5. The van der Waals surface area contributed by atoms with Crippen LogP contribution >= 0.6 is 11.8 Å². The van der Waals surface area contributed by atoms with E-state index < -0.39 is 0 Å². The average molecular weight is 329 g/mol. The molecule has 120 valence electrons. The number of pyridine rings is 1. The first kappa shape index (κ1) is 15.6. The number of hydrogen-bond donors (Lipinski definition) is 1. The Hall–Kier alpha value is -2.28. The van der Waals surface area contributed by atoms with Crippen molar-refractivity contribution in [3.05, 3.63) is 47.1 Å². The van der Waals surface area contributed by atoms with E-state index in [1.54, 1.807) is 28.5 Å². The number of nitrogens with one attached hydrogen (secondary N) is 1. The van der Waals surface area contributed by atoms with E-state index in [1.165, 1.54) is 11.8 Å². The summed E-state index contributed by atoms with van der Waals surface area (Å²) < 4.78 is 3.36. The SMILES string of the molecule is CCCCNc1ncc(Sc2ccn3nccc3c2)c(=O)n1C. The Bertz CT molecular complexity index is 870. The number of fused-ring (bicyclic) bond motifs is 1. The third kappa shape index (κ3) is 3.39. The summed E-state index contributed by atoms with van der Waals surface area (Å²) in [6.07, 6.45) is 7.43. The Labute approximate surface area is 138 Å². The molecule has 0 aliphatic rings. The zero-order valence-corrected chi connectivity index (χ0v) is 14.0. The van der Waals surface area contributed by atoms with Gasteiger partial charge in [0.15, 0.2) is 0 Å². The lowest BCUT2D eigenvalue weighted by Crippen LogP contribution is -2.23. The first-order valence-electron chi connectivity index (χ1n) is 7.60. The monoisotopic (exact) mass is 329 g/mol. The van der Waals surface area contributed by atoms with E-state index in [0.29, 0.717) is 10.8 Å². The molecule has 0 fully saturated rings. The van der Waals surface area contributed by atoms with Gasteiger partial charge >= 0.3 is 0 Å². The van der Waals surface area contributed by atoms with Crippen molar-refractivity contribution in [2.45, 2.75) is 29.6 Å². The molecule has 0 saturated carbocycles. The highest BCUT2D eigenvalue weighted by molar-refractivity contribution is 7.99. The number of rotatable bonds is 6. The maximum atomic E-state index is 12.5. The molecule has 3 heterocycles. The summed E-state index contributed by atoms with van der Waals surface area (Å²) in [5, 5.41) is 7.36. The largest absolute Gasteiger partial charge is 0.356 e. The van der Waals surface area contributed by atoms with E-state index in [2.05, 4.69) is 22.3 Å². The molecule has 0 unspecified atom stereocenters. The first-order valence-corrected chi connectivity index (χ1v) is 8.42. The summed E-state index contributed by atoms with van der Waals surface area (Å²) >= 11 is 1.42. The number of unbranched alkanes of at least 4 members (excludes halogenated alkanes) is 1. The van der Waals surface area contributed by atoms with Gasteiger partial charge in [-0.1, -0.05) is 25.1 Å². The molecule has 7 heteroatoms. The van der Waals surface area contributed by atoms with Gasteiger partial charge in [-0.2, -0.15) is 5.10 Å². The molecule has 23 heavy (non-hydrogen) atoms. The molecular weight excluding hydrogens is 310 g/mol. The average Bonchev–Trinajstić information content (AvgIpc) is 3.02. The lowest BCUT2D eigenvalue weighted by atomic mass is 10.3. The van der Waals surface area contributed by atoms with Crippen molar-refractivity contribution in [1.82, 2.24) is 19.2 Å². The highest BCUT2D eigenvalue weighted by Crippen LogP contribution is 2.25. The van der Waals surface area contributed by atoms with Crippen LogP contribution in [0.3, 0.4) is 0 Å². The standard InChI is InChI=1S/C16H19N5OS/c1-3-4-7-17-16-18-11-14(15(22)20(16)2)23-13-6-9-21-12(10-13)5-8-19-21/h5-6,8-11H,3-4,7H2,1-2H3,(H,17,18). The third-order valence-electron chi connectivity index (χ3n) is 3.55. The number of anilines is 1. The van der Waals surface area contributed by atoms with Gasteiger partial charge < -0.3 is 5.32 Å². The Kier molecular flexibility index (Phi) is 4.66. The molecule has 3 rings (SSSR count). The van der Waals surface area contributed by atoms with E-state index in [4.69, 9.17) is 0 Å². The predicted octanol–water partition coefficient (Wildman–Crippen LogP) is 2.79. The van der Waals surface area contributed by atoms with Crippen molar-refractivity contribution in [3.63, 3.8) is 0 Å². The van der Waals surface area contributed by atoms with Crippen molar-refractivity contribution < 1.29 is 0 Å². The molecule has 3 aromatic rings. The molecule has 0 aliphatic heterocycles. The summed E-state index contributed by atoms with van der Waals surface area (Å²) in [5.74, 6) is 0.610. The van der Waals surface area contributed by atoms with Crippen LogP contribution in [0.2, 0.25) is 0 Å². The van der Waals surface area contributed by atoms with Crippen molar-refractivity contribution in [1.29, 1.82) is 0 Å². The quantitative estimate of drug-likeness (QED) is 0.705. The molecule has 0 bridgehead atoms. The van der Waals surface area contributed by atoms with Gasteiger partial charge in [0.05, 0.1) is 16.6 Å². The van der Waals surface area contributed by atoms with E-state index in [-0.39, 0.29) is 5.56 Å². The maximum absolute atomic E-state index is 12.5. The minimum Gasteiger partial charge on any atom is -0.356 e. The van der Waals surface area contributed by atoms with Crippen molar-refractivity contribution in [2.75, 3.05) is 11.9 Å². The Morgan fingerprint density at radius 1 is 1.35 bits per heavy atom. The molecule has 0 atom stereocenters. The molecule has 1 N–H and O–H groups in total. The fraction of sp³-hybridized carbons (Fsp3) is 0.312. The summed E-state index contributed by atoms with van der Waals surface area (Å²) in [6.45, 7) is 2.95. The lowest BCUT2D eigenvalue weighted by molar-refractivity contribution is 0.769. The van der Waals surface area contributed by atoms with Gasteiger partial charge in [-0.15, -0.1) is 0 Å². The molecule has 0 amide bonds. The van der Waals surface area contributed by atoms with Gasteiger partial charge in [0, 0.05) is 30.9 Å². The van der Waals surface area contributed by atoms with Crippen LogP contribution in [0.4, 0.5) is 5.95 Å². The highest BCUT2D eigenvalue weighted by atomic mass is 32.2. The molecule has 0 radical (unpaired) electrons. The van der Waals surface area contributed by atoms with Crippen molar-refractivity contribution in [3.8, 4) is 0 Å². The topological polar surface area (TPSA) is 64.2 Å². The first-order chi connectivity index (χ1) is 11.2. The highest BCUT2D eigenvalue weighted by Gasteiger charge is 2.09. The Morgan fingerprint density at radius 3 is 3.04 bits per heavy atom. The van der Waals surface area contributed by atoms with Crippen LogP contribution in [0.1, 0.15) is 19.8 Å². The molecule has 3 aromatic heterocycles. The van der Waals surface area contributed by atoms with E-state index >= 15 is 0 Å². The fourth-order valence-electron chi connectivity index (χ4n) is 2.23. The van der Waals surface area contributed by atoms with Crippen LogP contribution in [0, 0.1) is 0 Å². The van der Waals surface area contributed by atoms with Gasteiger partial charge in [0.25, 0.3) is 5.56 Å². The molecule has 0 aromatic carbocycles. The minimum absolute atomic E-state index is 0.0441. The zero-order valence-electron chi connectivity index (χ0n) is 13.2. The Morgan fingerprint density at radius 2 is 2.22 bits per heavy atom. The van der Waals surface area contributed by atoms with Gasteiger partial charge in [-0.05, 0) is 24.6 Å². The lowest BCUT2D eigenvalue weighted by Gasteiger charge is -2.10. The van der Waals surface area contributed by atoms with Gasteiger partial charge in [-0.3, -0.25) is 9.36 Å². The third-order valence-corrected chi connectivity index (χ3v) is 4.54. The second kappa shape index (κ2) is 6.87. The summed E-state index contributed by atoms with van der Waals surface area (Å²) in [6, 6.07) is 5.88. The molecule has 0 saturated heterocycles. The number of aromatic nitrogens is 4. The summed E-state index contributed by atoms with van der Waals surface area (Å²) in [7, 11) is 1.74. The predicted molar refractivity (Wildman–Crippen MR) is 92.2 cm³/mol. The van der Waals surface area contributed by atoms with Crippen LogP contribution in [0.5, 0.6) is 0 Å². The maximum Gasteiger partial charge on any atom is 0.268 e. The molecule has 6 nitrogen and oxygen atoms in total. The van der Waals surface area contributed by atoms with Crippen LogP contribution in [-0.2, 0) is 7.05 Å². The molecular formula is C16H19N5OS. The second-order valence-electron chi connectivity index (χ2n) is 5.26. The van der Waals surface area contributed by atoms with Gasteiger partial charge in [-0.25, -0.2) is 9.50 Å². The Balaban J connectivity index is 1.82.